The fourth-order valence-electron chi connectivity index (χ4n) is 4.62. The van der Waals surface area contributed by atoms with Crippen molar-refractivity contribution in [3.8, 4) is 11.3 Å². The Balaban J connectivity index is 1.20. The number of hydrogen-bond acceptors (Lipinski definition) is 5. The molecule has 0 unspecified atom stereocenters. The summed E-state index contributed by atoms with van der Waals surface area (Å²) in [6, 6.07) is 21.2. The first-order chi connectivity index (χ1) is 17.5. The maximum absolute atomic E-state index is 13.2. The zero-order valence-electron chi connectivity index (χ0n) is 20.4. The average molecular weight is 504 g/mol. The summed E-state index contributed by atoms with van der Waals surface area (Å²) in [4.78, 5) is 32.0. The standard InChI is InChI=1S/C28H30ClN5O2/c1-20(21-7-3-2-4-8-21)34(28(36)22-11-12-22)19-27(35)33-17-15-32(16-18-33)26-14-13-25(30-31-26)23-9-5-6-10-24(23)29/h2-10,13-14,20,22H,11-12,15-19H2,1H3/t20-/m0/s1. The molecular weight excluding hydrogens is 474 g/mol. The Morgan fingerprint density at radius 3 is 2.28 bits per heavy atom. The van der Waals surface area contributed by atoms with E-state index in [1.54, 1.807) is 4.90 Å². The summed E-state index contributed by atoms with van der Waals surface area (Å²) in [5.74, 6) is 0.924. The molecule has 1 aliphatic heterocycles. The van der Waals surface area contributed by atoms with Gasteiger partial charge in [0.05, 0.1) is 16.8 Å². The molecule has 0 radical (unpaired) electrons. The molecule has 1 aliphatic carbocycles. The number of carbonyl (C=O) groups is 2. The largest absolute Gasteiger partial charge is 0.352 e. The van der Waals surface area contributed by atoms with Gasteiger partial charge >= 0.3 is 0 Å². The molecular formula is C28H30ClN5O2. The van der Waals surface area contributed by atoms with Gasteiger partial charge in [-0.2, -0.15) is 0 Å². The fraction of sp³-hybridized carbons (Fsp3) is 0.357. The van der Waals surface area contributed by atoms with E-state index in [1.165, 1.54) is 0 Å². The predicted octanol–water partition coefficient (Wildman–Crippen LogP) is 4.45. The first-order valence-corrected chi connectivity index (χ1v) is 12.9. The summed E-state index contributed by atoms with van der Waals surface area (Å²) < 4.78 is 0. The Bertz CT molecular complexity index is 1210. The lowest BCUT2D eigenvalue weighted by Crippen LogP contribution is -2.52. The number of carbonyl (C=O) groups excluding carboxylic acids is 2. The third-order valence-corrected chi connectivity index (χ3v) is 7.35. The second-order valence-corrected chi connectivity index (χ2v) is 9.86. The molecule has 2 amide bonds. The number of piperazine rings is 1. The van der Waals surface area contributed by atoms with Crippen LogP contribution in [0.3, 0.4) is 0 Å². The summed E-state index contributed by atoms with van der Waals surface area (Å²) in [6.07, 6.45) is 1.83. The third-order valence-electron chi connectivity index (χ3n) is 7.02. The molecule has 2 aromatic carbocycles. The lowest BCUT2D eigenvalue weighted by atomic mass is 10.1. The van der Waals surface area contributed by atoms with Crippen molar-refractivity contribution in [2.24, 2.45) is 5.92 Å². The minimum atomic E-state index is -0.142. The SMILES string of the molecule is C[C@@H](c1ccccc1)N(CC(=O)N1CCN(c2ccc(-c3ccccc3Cl)nn2)CC1)C(=O)C1CC1. The van der Waals surface area contributed by atoms with Gasteiger partial charge in [-0.15, -0.1) is 10.2 Å². The Hall–Kier alpha value is -3.45. The van der Waals surface area contributed by atoms with Crippen molar-refractivity contribution >= 4 is 29.2 Å². The van der Waals surface area contributed by atoms with Crippen LogP contribution in [0, 0.1) is 5.92 Å². The molecule has 5 rings (SSSR count). The fourth-order valence-corrected chi connectivity index (χ4v) is 4.85. The molecule has 2 aliphatic rings. The molecule has 36 heavy (non-hydrogen) atoms. The average Bonchev–Trinajstić information content (AvgIpc) is 3.78. The monoisotopic (exact) mass is 503 g/mol. The number of aromatic nitrogens is 2. The van der Waals surface area contributed by atoms with Crippen molar-refractivity contribution in [1.29, 1.82) is 0 Å². The molecule has 1 saturated heterocycles. The number of hydrogen-bond donors (Lipinski definition) is 0. The summed E-state index contributed by atoms with van der Waals surface area (Å²) in [7, 11) is 0. The Labute approximate surface area is 216 Å². The van der Waals surface area contributed by atoms with E-state index in [4.69, 9.17) is 11.6 Å². The highest BCUT2D eigenvalue weighted by molar-refractivity contribution is 6.33. The van der Waals surface area contributed by atoms with Gasteiger partial charge in [-0.1, -0.05) is 60.1 Å². The minimum Gasteiger partial charge on any atom is -0.352 e. The topological polar surface area (TPSA) is 69.6 Å². The maximum Gasteiger partial charge on any atom is 0.242 e. The highest BCUT2D eigenvalue weighted by Gasteiger charge is 2.37. The zero-order valence-corrected chi connectivity index (χ0v) is 21.1. The van der Waals surface area contributed by atoms with Gasteiger partial charge in [0.2, 0.25) is 11.8 Å². The molecule has 8 heteroatoms. The number of amides is 2. The van der Waals surface area contributed by atoms with Gasteiger partial charge in [0.15, 0.2) is 5.82 Å². The number of nitrogens with zero attached hydrogens (tertiary/aromatic N) is 5. The van der Waals surface area contributed by atoms with Gasteiger partial charge in [0, 0.05) is 37.7 Å². The van der Waals surface area contributed by atoms with E-state index >= 15 is 0 Å². The summed E-state index contributed by atoms with van der Waals surface area (Å²) >= 11 is 6.28. The van der Waals surface area contributed by atoms with Crippen LogP contribution >= 0.6 is 11.6 Å². The van der Waals surface area contributed by atoms with E-state index in [-0.39, 0.29) is 30.3 Å². The van der Waals surface area contributed by atoms with Crippen molar-refractivity contribution in [1.82, 2.24) is 20.0 Å². The van der Waals surface area contributed by atoms with Gasteiger partial charge in [0.1, 0.15) is 6.54 Å². The second kappa shape index (κ2) is 10.7. The van der Waals surface area contributed by atoms with E-state index in [1.807, 2.05) is 78.6 Å². The van der Waals surface area contributed by atoms with Crippen LogP contribution in [0.25, 0.3) is 11.3 Å². The van der Waals surface area contributed by atoms with Crippen LogP contribution in [-0.4, -0.2) is 64.5 Å². The van der Waals surface area contributed by atoms with Crippen LogP contribution in [0.4, 0.5) is 5.82 Å². The molecule has 0 bridgehead atoms. The van der Waals surface area contributed by atoms with E-state index in [0.29, 0.717) is 31.2 Å². The van der Waals surface area contributed by atoms with Crippen LogP contribution in [0.5, 0.6) is 0 Å². The van der Waals surface area contributed by atoms with Gasteiger partial charge in [-0.3, -0.25) is 9.59 Å². The van der Waals surface area contributed by atoms with E-state index in [0.717, 1.165) is 35.5 Å². The molecule has 2 fully saturated rings. The summed E-state index contributed by atoms with van der Waals surface area (Å²) in [6.45, 7) is 4.60. The van der Waals surface area contributed by atoms with Crippen LogP contribution in [0.1, 0.15) is 31.4 Å². The molecule has 1 aromatic heterocycles. The number of benzene rings is 2. The smallest absolute Gasteiger partial charge is 0.242 e. The van der Waals surface area contributed by atoms with Gasteiger partial charge in [-0.25, -0.2) is 0 Å². The number of anilines is 1. The highest BCUT2D eigenvalue weighted by atomic mass is 35.5. The van der Waals surface area contributed by atoms with E-state index < -0.39 is 0 Å². The quantitative estimate of drug-likeness (QED) is 0.476. The molecule has 3 aromatic rings. The van der Waals surface area contributed by atoms with Gasteiger partial charge in [-0.05, 0) is 43.5 Å². The first kappa shape index (κ1) is 24.3. The van der Waals surface area contributed by atoms with Crippen LogP contribution in [-0.2, 0) is 9.59 Å². The molecule has 186 valence electrons. The molecule has 1 saturated carbocycles. The first-order valence-electron chi connectivity index (χ1n) is 12.5. The zero-order chi connectivity index (χ0) is 25.1. The third kappa shape index (κ3) is 5.36. The van der Waals surface area contributed by atoms with Crippen molar-refractivity contribution in [3.05, 3.63) is 77.3 Å². The normalized spacial score (nSPS) is 16.5. The lowest BCUT2D eigenvalue weighted by Gasteiger charge is -2.37. The molecule has 7 nitrogen and oxygen atoms in total. The summed E-state index contributed by atoms with van der Waals surface area (Å²) in [5.41, 5.74) is 2.62. The van der Waals surface area contributed by atoms with Gasteiger partial charge in [0.25, 0.3) is 0 Å². The van der Waals surface area contributed by atoms with Crippen molar-refractivity contribution in [3.63, 3.8) is 0 Å². The number of rotatable bonds is 7. The molecule has 1 atom stereocenters. The van der Waals surface area contributed by atoms with Crippen molar-refractivity contribution in [2.45, 2.75) is 25.8 Å². The predicted molar refractivity (Wildman–Crippen MR) is 141 cm³/mol. The minimum absolute atomic E-state index is 0.00779. The summed E-state index contributed by atoms with van der Waals surface area (Å²) in [5, 5.41) is 9.41. The molecule has 0 spiro atoms. The Morgan fingerprint density at radius 1 is 0.944 bits per heavy atom. The van der Waals surface area contributed by atoms with Crippen LogP contribution < -0.4 is 4.90 Å². The maximum atomic E-state index is 13.2. The molecule has 0 N–H and O–H groups in total. The Kier molecular flexibility index (Phi) is 7.18. The van der Waals surface area contributed by atoms with Crippen molar-refractivity contribution in [2.75, 3.05) is 37.6 Å². The van der Waals surface area contributed by atoms with Gasteiger partial charge < -0.3 is 14.7 Å². The Morgan fingerprint density at radius 2 is 1.64 bits per heavy atom. The highest BCUT2D eigenvalue weighted by Crippen LogP contribution is 2.34. The van der Waals surface area contributed by atoms with E-state index in [9.17, 15) is 9.59 Å². The lowest BCUT2D eigenvalue weighted by molar-refractivity contribution is -0.143. The molecule has 2 heterocycles. The van der Waals surface area contributed by atoms with E-state index in [2.05, 4.69) is 15.1 Å². The van der Waals surface area contributed by atoms with Crippen LogP contribution in [0.15, 0.2) is 66.7 Å². The number of halogens is 1. The second-order valence-electron chi connectivity index (χ2n) is 9.45. The van der Waals surface area contributed by atoms with Crippen molar-refractivity contribution < 1.29 is 9.59 Å². The van der Waals surface area contributed by atoms with Crippen LogP contribution in [0.2, 0.25) is 5.02 Å².